The van der Waals surface area contributed by atoms with Crippen molar-refractivity contribution < 1.29 is 9.90 Å². The van der Waals surface area contributed by atoms with E-state index in [0.717, 1.165) is 6.29 Å². The van der Waals surface area contributed by atoms with Gasteiger partial charge in [0.25, 0.3) is 0 Å². The second kappa shape index (κ2) is 6.67. The molecular weight excluding hydrogens is 132 g/mol. The van der Waals surface area contributed by atoms with Gasteiger partial charge in [-0.25, -0.2) is 0 Å². The molecule has 1 atom stereocenters. The van der Waals surface area contributed by atoms with Crippen molar-refractivity contribution in [3.8, 4) is 0 Å². The predicted molar refractivity (Wildman–Crippen MR) is 38.6 cm³/mol. The van der Waals surface area contributed by atoms with Crippen molar-refractivity contribution in [2.24, 2.45) is 5.73 Å². The number of rotatable bonds is 6. The lowest BCUT2D eigenvalue weighted by molar-refractivity contribution is -0.109. The molecule has 0 fully saturated rings. The monoisotopic (exact) mass is 146 g/mol. The number of carbonyl (C=O) groups excluding carboxylic acids is 1. The van der Waals surface area contributed by atoms with E-state index in [-0.39, 0.29) is 12.6 Å². The summed E-state index contributed by atoms with van der Waals surface area (Å²) in [5.74, 6) is 0. The molecule has 0 saturated carbocycles. The van der Waals surface area contributed by atoms with Crippen molar-refractivity contribution in [2.75, 3.05) is 19.7 Å². The van der Waals surface area contributed by atoms with Gasteiger partial charge in [0, 0.05) is 19.7 Å². The molecule has 0 aromatic heterocycles. The Kier molecular flexibility index (Phi) is 6.37. The summed E-state index contributed by atoms with van der Waals surface area (Å²) in [6, 6.07) is -0.242. The SMILES string of the molecule is NCCNC(C=O)CCO. The van der Waals surface area contributed by atoms with Crippen LogP contribution in [0.5, 0.6) is 0 Å². The van der Waals surface area contributed by atoms with Crippen molar-refractivity contribution in [3.63, 3.8) is 0 Å². The summed E-state index contributed by atoms with van der Waals surface area (Å²) in [6.07, 6.45) is 1.25. The minimum atomic E-state index is -0.242. The van der Waals surface area contributed by atoms with E-state index in [9.17, 15) is 4.79 Å². The highest BCUT2D eigenvalue weighted by atomic mass is 16.3. The van der Waals surface area contributed by atoms with E-state index in [1.165, 1.54) is 0 Å². The van der Waals surface area contributed by atoms with Crippen molar-refractivity contribution >= 4 is 6.29 Å². The van der Waals surface area contributed by atoms with Crippen LogP contribution in [0, 0.1) is 0 Å². The Labute approximate surface area is 60.4 Å². The van der Waals surface area contributed by atoms with E-state index in [0.29, 0.717) is 19.5 Å². The van der Waals surface area contributed by atoms with Gasteiger partial charge in [-0.2, -0.15) is 0 Å². The smallest absolute Gasteiger partial charge is 0.136 e. The molecule has 10 heavy (non-hydrogen) atoms. The number of nitrogens with two attached hydrogens (primary N) is 1. The molecule has 4 N–H and O–H groups in total. The first-order valence-electron chi connectivity index (χ1n) is 3.34. The Hall–Kier alpha value is -0.450. The third-order valence-corrected chi connectivity index (χ3v) is 1.16. The molecule has 4 nitrogen and oxygen atoms in total. The molecule has 0 heterocycles. The van der Waals surface area contributed by atoms with Crippen LogP contribution in [0.1, 0.15) is 6.42 Å². The highest BCUT2D eigenvalue weighted by molar-refractivity contribution is 5.57. The second-order valence-corrected chi connectivity index (χ2v) is 2.00. The largest absolute Gasteiger partial charge is 0.396 e. The van der Waals surface area contributed by atoms with Gasteiger partial charge in [0.1, 0.15) is 6.29 Å². The summed E-state index contributed by atoms with van der Waals surface area (Å²) in [6.45, 7) is 1.15. The number of carbonyl (C=O) groups is 1. The lowest BCUT2D eigenvalue weighted by Crippen LogP contribution is -2.35. The van der Waals surface area contributed by atoms with Crippen molar-refractivity contribution in [3.05, 3.63) is 0 Å². The summed E-state index contributed by atoms with van der Waals surface area (Å²) in [4.78, 5) is 10.2. The van der Waals surface area contributed by atoms with Crippen LogP contribution < -0.4 is 11.1 Å². The summed E-state index contributed by atoms with van der Waals surface area (Å²) in [7, 11) is 0. The Morgan fingerprint density at radius 3 is 2.80 bits per heavy atom. The zero-order valence-corrected chi connectivity index (χ0v) is 5.92. The van der Waals surface area contributed by atoms with Gasteiger partial charge in [0.05, 0.1) is 6.04 Å². The Morgan fingerprint density at radius 1 is 1.70 bits per heavy atom. The van der Waals surface area contributed by atoms with Gasteiger partial charge >= 0.3 is 0 Å². The fourth-order valence-corrected chi connectivity index (χ4v) is 0.626. The molecule has 0 spiro atoms. The third kappa shape index (κ3) is 4.43. The van der Waals surface area contributed by atoms with E-state index >= 15 is 0 Å². The predicted octanol–water partition coefficient (Wildman–Crippen LogP) is -1.52. The normalized spacial score (nSPS) is 13.0. The van der Waals surface area contributed by atoms with Gasteiger partial charge in [-0.15, -0.1) is 0 Å². The Morgan fingerprint density at radius 2 is 2.40 bits per heavy atom. The van der Waals surface area contributed by atoms with Crippen molar-refractivity contribution in [2.45, 2.75) is 12.5 Å². The highest BCUT2D eigenvalue weighted by Crippen LogP contribution is 1.83. The molecular formula is C6H14N2O2. The molecule has 4 heteroatoms. The summed E-state index contributed by atoms with van der Waals surface area (Å²) >= 11 is 0. The zero-order valence-electron chi connectivity index (χ0n) is 5.92. The Balaban J connectivity index is 3.29. The van der Waals surface area contributed by atoms with Gasteiger partial charge in [0.15, 0.2) is 0 Å². The first-order chi connectivity index (χ1) is 4.85. The maximum atomic E-state index is 10.2. The highest BCUT2D eigenvalue weighted by Gasteiger charge is 2.02. The fraction of sp³-hybridized carbons (Fsp3) is 0.833. The standard InChI is InChI=1S/C6H14N2O2/c7-2-3-8-6(5-10)1-4-9/h5-6,8-9H,1-4,7H2. The molecule has 0 saturated heterocycles. The number of aliphatic hydroxyl groups is 1. The lowest BCUT2D eigenvalue weighted by Gasteiger charge is -2.08. The van der Waals surface area contributed by atoms with Gasteiger partial charge in [0.2, 0.25) is 0 Å². The van der Waals surface area contributed by atoms with E-state index < -0.39 is 0 Å². The maximum Gasteiger partial charge on any atom is 0.136 e. The van der Waals surface area contributed by atoms with Crippen LogP contribution >= 0.6 is 0 Å². The molecule has 1 unspecified atom stereocenters. The molecule has 0 aliphatic heterocycles. The molecule has 0 aliphatic carbocycles. The maximum absolute atomic E-state index is 10.2. The number of aliphatic hydroxyl groups excluding tert-OH is 1. The van der Waals surface area contributed by atoms with Crippen LogP contribution in [0.4, 0.5) is 0 Å². The molecule has 0 aromatic rings. The lowest BCUT2D eigenvalue weighted by atomic mass is 10.2. The number of hydrogen-bond donors (Lipinski definition) is 3. The molecule has 0 aromatic carbocycles. The quantitative estimate of drug-likeness (QED) is 0.398. The van der Waals surface area contributed by atoms with Crippen LogP contribution in [-0.2, 0) is 4.79 Å². The number of hydrogen-bond acceptors (Lipinski definition) is 4. The minimum absolute atomic E-state index is 0.0287. The zero-order chi connectivity index (χ0) is 7.82. The first kappa shape index (κ1) is 9.55. The summed E-state index contributed by atoms with van der Waals surface area (Å²) in [5, 5.41) is 11.3. The van der Waals surface area contributed by atoms with E-state index in [4.69, 9.17) is 10.8 Å². The summed E-state index contributed by atoms with van der Waals surface area (Å²) in [5.41, 5.74) is 5.19. The van der Waals surface area contributed by atoms with E-state index in [1.807, 2.05) is 0 Å². The first-order valence-corrected chi connectivity index (χ1v) is 3.34. The third-order valence-electron chi connectivity index (χ3n) is 1.16. The summed E-state index contributed by atoms with van der Waals surface area (Å²) < 4.78 is 0. The van der Waals surface area contributed by atoms with Crippen molar-refractivity contribution in [1.82, 2.24) is 5.32 Å². The van der Waals surface area contributed by atoms with E-state index in [1.54, 1.807) is 0 Å². The van der Waals surface area contributed by atoms with E-state index in [2.05, 4.69) is 5.32 Å². The average Bonchev–Trinajstić information content (AvgIpc) is 1.98. The van der Waals surface area contributed by atoms with Gasteiger partial charge in [-0.3, -0.25) is 0 Å². The topological polar surface area (TPSA) is 75.3 Å². The van der Waals surface area contributed by atoms with Gasteiger partial charge in [-0.1, -0.05) is 0 Å². The Bertz CT molecular complexity index is 87.8. The molecule has 0 bridgehead atoms. The average molecular weight is 146 g/mol. The number of aldehydes is 1. The van der Waals surface area contributed by atoms with Crippen LogP contribution in [-0.4, -0.2) is 37.1 Å². The number of nitrogens with one attached hydrogen (secondary N) is 1. The minimum Gasteiger partial charge on any atom is -0.396 e. The second-order valence-electron chi connectivity index (χ2n) is 2.00. The molecule has 0 amide bonds. The van der Waals surface area contributed by atoms with Crippen molar-refractivity contribution in [1.29, 1.82) is 0 Å². The molecule has 0 radical (unpaired) electrons. The molecule has 0 aliphatic rings. The van der Waals surface area contributed by atoms with Crippen LogP contribution in [0.15, 0.2) is 0 Å². The van der Waals surface area contributed by atoms with Gasteiger partial charge in [-0.05, 0) is 6.42 Å². The van der Waals surface area contributed by atoms with Crippen LogP contribution in [0.2, 0.25) is 0 Å². The molecule has 60 valence electrons. The van der Waals surface area contributed by atoms with Crippen LogP contribution in [0.25, 0.3) is 0 Å². The molecule has 0 rings (SSSR count). The van der Waals surface area contributed by atoms with Gasteiger partial charge < -0.3 is 21.0 Å². The van der Waals surface area contributed by atoms with Crippen LogP contribution in [0.3, 0.4) is 0 Å². The fourth-order valence-electron chi connectivity index (χ4n) is 0.626.